The Kier molecular flexibility index (Phi) is 5.03. The second-order valence-electron chi connectivity index (χ2n) is 12.0. The highest BCUT2D eigenvalue weighted by Gasteiger charge is 2.22. The summed E-state index contributed by atoms with van der Waals surface area (Å²) in [5.41, 5.74) is 14.7. The Morgan fingerprint density at radius 1 is 0.378 bits per heavy atom. The molecule has 0 bridgehead atoms. The lowest BCUT2D eigenvalue weighted by Crippen LogP contribution is -1.93. The van der Waals surface area contributed by atoms with Crippen molar-refractivity contribution in [1.29, 1.82) is 0 Å². The highest BCUT2D eigenvalue weighted by molar-refractivity contribution is 6.21. The molecule has 1 aliphatic rings. The lowest BCUT2D eigenvalue weighted by Gasteiger charge is -2.12. The van der Waals surface area contributed by atoms with Crippen LogP contribution < -0.4 is 0 Å². The van der Waals surface area contributed by atoms with Gasteiger partial charge in [0.25, 0.3) is 0 Å². The third-order valence-corrected chi connectivity index (χ3v) is 9.57. The van der Waals surface area contributed by atoms with Crippen molar-refractivity contribution in [3.05, 3.63) is 158 Å². The first-order chi connectivity index (χ1) is 22.3. The molecular weight excluding hydrogens is 544 g/mol. The summed E-state index contributed by atoms with van der Waals surface area (Å²) in [6.07, 6.45) is 2.03. The van der Waals surface area contributed by atoms with Crippen LogP contribution in [0, 0.1) is 0 Å². The molecule has 0 atom stereocenters. The van der Waals surface area contributed by atoms with Crippen LogP contribution in [0.3, 0.4) is 0 Å². The molecule has 10 rings (SSSR count). The van der Waals surface area contributed by atoms with Gasteiger partial charge in [-0.1, -0.05) is 115 Å². The van der Waals surface area contributed by atoms with Gasteiger partial charge in [-0.15, -0.1) is 0 Å². The van der Waals surface area contributed by atoms with Crippen LogP contribution in [0.1, 0.15) is 0 Å². The van der Waals surface area contributed by atoms with E-state index in [0.717, 1.165) is 16.7 Å². The standard InChI is InChI=1S/C43H26N2/c1-2-12-30(13-3-1)45-40-23-20-28(25-38(40)43-37-16-6-7-19-39(37)44-26-41(43)45)27-10-8-11-29(24-27)31-21-22-36-33-15-5-4-14-32(33)35-18-9-17-34(31)42(35)36/h1-26H. The van der Waals surface area contributed by atoms with Gasteiger partial charge < -0.3 is 4.57 Å². The molecule has 2 heterocycles. The van der Waals surface area contributed by atoms with Gasteiger partial charge in [0.05, 0.1) is 22.7 Å². The SMILES string of the molecule is c1ccc(-n2c3ccc(-c4cccc(-c5ccc6c7c(cccc57)-c5ccccc5-6)c4)cc3c3c4ccccc4ncc32)cc1. The second kappa shape index (κ2) is 9.25. The molecule has 2 aromatic heterocycles. The van der Waals surface area contributed by atoms with E-state index < -0.39 is 0 Å². The van der Waals surface area contributed by atoms with Gasteiger partial charge in [-0.25, -0.2) is 0 Å². The molecule has 2 heteroatoms. The first kappa shape index (κ1) is 24.5. The van der Waals surface area contributed by atoms with E-state index >= 15 is 0 Å². The monoisotopic (exact) mass is 570 g/mol. The Balaban J connectivity index is 1.18. The van der Waals surface area contributed by atoms with Gasteiger partial charge in [-0.05, 0) is 91.7 Å². The van der Waals surface area contributed by atoms with Crippen molar-refractivity contribution in [3.8, 4) is 50.2 Å². The average Bonchev–Trinajstić information content (AvgIpc) is 3.63. The number of fused-ring (bicyclic) bond motifs is 8. The van der Waals surface area contributed by atoms with E-state index in [1.165, 1.54) is 77.0 Å². The third-order valence-electron chi connectivity index (χ3n) is 9.57. The topological polar surface area (TPSA) is 17.8 Å². The molecule has 7 aromatic carbocycles. The molecule has 0 N–H and O–H groups in total. The molecule has 45 heavy (non-hydrogen) atoms. The molecular formula is C43H26N2. The fourth-order valence-electron chi connectivity index (χ4n) is 7.61. The van der Waals surface area contributed by atoms with E-state index in [1.54, 1.807) is 0 Å². The van der Waals surface area contributed by atoms with Crippen molar-refractivity contribution in [2.45, 2.75) is 0 Å². The largest absolute Gasteiger partial charge is 0.308 e. The Bertz CT molecular complexity index is 2610. The molecule has 0 amide bonds. The fraction of sp³-hybridized carbons (Fsp3) is 0. The number of benzene rings is 7. The molecule has 0 unspecified atom stereocenters. The minimum absolute atomic E-state index is 1.01. The molecule has 9 aromatic rings. The van der Waals surface area contributed by atoms with Crippen LogP contribution >= 0.6 is 0 Å². The summed E-state index contributed by atoms with van der Waals surface area (Å²) in [6, 6.07) is 55.1. The van der Waals surface area contributed by atoms with Crippen molar-refractivity contribution < 1.29 is 0 Å². The number of hydrogen-bond acceptors (Lipinski definition) is 1. The van der Waals surface area contributed by atoms with Gasteiger partial charge >= 0.3 is 0 Å². The molecule has 0 aliphatic heterocycles. The zero-order valence-electron chi connectivity index (χ0n) is 24.4. The number of nitrogens with zero attached hydrogens (tertiary/aromatic N) is 2. The highest BCUT2D eigenvalue weighted by atomic mass is 15.0. The number of pyridine rings is 1. The number of para-hydroxylation sites is 2. The Morgan fingerprint density at radius 2 is 1.04 bits per heavy atom. The summed E-state index contributed by atoms with van der Waals surface area (Å²) in [7, 11) is 0. The fourth-order valence-corrected chi connectivity index (χ4v) is 7.61. The predicted molar refractivity (Wildman–Crippen MR) is 189 cm³/mol. The van der Waals surface area contributed by atoms with Gasteiger partial charge in [0.2, 0.25) is 0 Å². The summed E-state index contributed by atoms with van der Waals surface area (Å²) >= 11 is 0. The average molecular weight is 571 g/mol. The zero-order valence-corrected chi connectivity index (χ0v) is 24.4. The van der Waals surface area contributed by atoms with Crippen LogP contribution in [0.25, 0.3) is 93.7 Å². The minimum Gasteiger partial charge on any atom is -0.308 e. The van der Waals surface area contributed by atoms with Gasteiger partial charge in [-0.2, -0.15) is 0 Å². The molecule has 1 aliphatic carbocycles. The summed E-state index contributed by atoms with van der Waals surface area (Å²) < 4.78 is 2.34. The summed E-state index contributed by atoms with van der Waals surface area (Å²) in [4.78, 5) is 4.85. The number of rotatable bonds is 3. The van der Waals surface area contributed by atoms with Crippen LogP contribution in [0.4, 0.5) is 0 Å². The normalized spacial score (nSPS) is 12.0. The Labute approximate surface area is 260 Å². The molecule has 2 nitrogen and oxygen atoms in total. The van der Waals surface area contributed by atoms with E-state index in [4.69, 9.17) is 4.98 Å². The van der Waals surface area contributed by atoms with Crippen LogP contribution in [0.2, 0.25) is 0 Å². The predicted octanol–water partition coefficient (Wildman–Crippen LogP) is 11.5. The van der Waals surface area contributed by atoms with Crippen LogP contribution in [0.5, 0.6) is 0 Å². The Morgan fingerprint density at radius 3 is 1.93 bits per heavy atom. The zero-order chi connectivity index (χ0) is 29.5. The van der Waals surface area contributed by atoms with Gasteiger partial charge in [0.15, 0.2) is 0 Å². The lowest BCUT2D eigenvalue weighted by molar-refractivity contribution is 1.17. The van der Waals surface area contributed by atoms with E-state index in [1.807, 2.05) is 6.20 Å². The molecule has 0 saturated heterocycles. The van der Waals surface area contributed by atoms with Crippen LogP contribution in [0.15, 0.2) is 158 Å². The maximum atomic E-state index is 4.85. The van der Waals surface area contributed by atoms with Gasteiger partial charge in [0, 0.05) is 21.8 Å². The van der Waals surface area contributed by atoms with Crippen LogP contribution in [-0.4, -0.2) is 9.55 Å². The summed E-state index contributed by atoms with van der Waals surface area (Å²) in [5.74, 6) is 0. The van der Waals surface area contributed by atoms with Gasteiger partial charge in [-0.3, -0.25) is 4.98 Å². The maximum Gasteiger partial charge on any atom is 0.0730 e. The molecule has 0 fully saturated rings. The molecule has 208 valence electrons. The maximum absolute atomic E-state index is 4.85. The molecule has 0 saturated carbocycles. The smallest absolute Gasteiger partial charge is 0.0730 e. The lowest BCUT2D eigenvalue weighted by atomic mass is 9.92. The first-order valence-corrected chi connectivity index (χ1v) is 15.5. The van der Waals surface area contributed by atoms with Crippen molar-refractivity contribution in [1.82, 2.24) is 9.55 Å². The van der Waals surface area contributed by atoms with Crippen LogP contribution in [-0.2, 0) is 0 Å². The first-order valence-electron chi connectivity index (χ1n) is 15.5. The molecule has 0 radical (unpaired) electrons. The minimum atomic E-state index is 1.01. The van der Waals surface area contributed by atoms with Crippen molar-refractivity contribution in [3.63, 3.8) is 0 Å². The number of hydrogen-bond donors (Lipinski definition) is 0. The van der Waals surface area contributed by atoms with E-state index in [-0.39, 0.29) is 0 Å². The van der Waals surface area contributed by atoms with Crippen molar-refractivity contribution in [2.75, 3.05) is 0 Å². The highest BCUT2D eigenvalue weighted by Crippen LogP contribution is 2.49. The van der Waals surface area contributed by atoms with Crippen molar-refractivity contribution >= 4 is 43.5 Å². The van der Waals surface area contributed by atoms with E-state index in [0.29, 0.717) is 0 Å². The second-order valence-corrected chi connectivity index (χ2v) is 12.0. The molecule has 0 spiro atoms. The Hall–Kier alpha value is -5.99. The third kappa shape index (κ3) is 3.48. The van der Waals surface area contributed by atoms with E-state index in [2.05, 4.69) is 156 Å². The summed E-state index contributed by atoms with van der Waals surface area (Å²) in [6.45, 7) is 0. The van der Waals surface area contributed by atoms with Crippen molar-refractivity contribution in [2.24, 2.45) is 0 Å². The number of aromatic nitrogens is 2. The summed E-state index contributed by atoms with van der Waals surface area (Å²) in [5, 5.41) is 6.31. The quantitative estimate of drug-likeness (QED) is 0.207. The van der Waals surface area contributed by atoms with E-state index in [9.17, 15) is 0 Å². The van der Waals surface area contributed by atoms with Gasteiger partial charge in [0.1, 0.15) is 0 Å².